The van der Waals surface area contributed by atoms with Crippen LogP contribution in [0.15, 0.2) is 30.5 Å². The number of ether oxygens (including phenoxy) is 1. The Hall–Kier alpha value is -3.20. The fraction of sp³-hybridized carbons (Fsp3) is 0.125. The van der Waals surface area contributed by atoms with Crippen LogP contribution in [0.2, 0.25) is 0 Å². The Morgan fingerprint density at radius 1 is 1.32 bits per heavy atom. The van der Waals surface area contributed by atoms with Crippen molar-refractivity contribution in [3.63, 3.8) is 0 Å². The molecule has 108 valence electrons. The molecule has 22 heavy (non-hydrogen) atoms. The maximum Gasteiger partial charge on any atom is 0.308 e. The summed E-state index contributed by atoms with van der Waals surface area (Å²) in [5, 5.41) is 9.84. The van der Waals surface area contributed by atoms with Crippen LogP contribution in [0.1, 0.15) is 18.3 Å². The van der Waals surface area contributed by atoms with Crippen LogP contribution in [0, 0.1) is 18.3 Å². The standard InChI is InChI=1S/C16H12N4O2/c1-9-19-15(13-5-6-18-16(13)20-9)12-4-3-11(8-17)7-14(12)22-10(2)21/h3-7H,1-2H3,(H,18,19,20). The van der Waals surface area contributed by atoms with Crippen LogP contribution in [0.25, 0.3) is 22.3 Å². The number of nitrogens with zero attached hydrogens (tertiary/aromatic N) is 3. The largest absolute Gasteiger partial charge is 0.426 e. The van der Waals surface area contributed by atoms with Crippen molar-refractivity contribution in [2.75, 3.05) is 0 Å². The van der Waals surface area contributed by atoms with Gasteiger partial charge in [-0.25, -0.2) is 9.97 Å². The van der Waals surface area contributed by atoms with Crippen molar-refractivity contribution in [1.29, 1.82) is 5.26 Å². The first-order valence-electron chi connectivity index (χ1n) is 6.63. The maximum atomic E-state index is 11.3. The van der Waals surface area contributed by atoms with Crippen molar-refractivity contribution >= 4 is 17.0 Å². The highest BCUT2D eigenvalue weighted by atomic mass is 16.5. The molecule has 0 aliphatic rings. The van der Waals surface area contributed by atoms with Crippen LogP contribution in [0.3, 0.4) is 0 Å². The Morgan fingerprint density at radius 3 is 2.86 bits per heavy atom. The van der Waals surface area contributed by atoms with E-state index in [1.807, 2.05) is 12.1 Å². The van der Waals surface area contributed by atoms with E-state index in [1.165, 1.54) is 13.0 Å². The molecule has 0 atom stereocenters. The first-order valence-corrected chi connectivity index (χ1v) is 6.63. The second kappa shape index (κ2) is 5.30. The molecule has 2 aromatic heterocycles. The molecular formula is C16H12N4O2. The Bertz CT molecular complexity index is 922. The number of hydrogen-bond donors (Lipinski definition) is 1. The molecule has 6 heteroatoms. The zero-order valence-electron chi connectivity index (χ0n) is 12.0. The molecule has 1 N–H and O–H groups in total. The molecule has 0 fully saturated rings. The van der Waals surface area contributed by atoms with Gasteiger partial charge in [-0.2, -0.15) is 5.26 Å². The van der Waals surface area contributed by atoms with Gasteiger partial charge >= 0.3 is 5.97 Å². The summed E-state index contributed by atoms with van der Waals surface area (Å²) in [6.07, 6.45) is 1.78. The number of fused-ring (bicyclic) bond motifs is 1. The van der Waals surface area contributed by atoms with E-state index in [-0.39, 0.29) is 0 Å². The molecule has 0 aliphatic heterocycles. The number of aromatic amines is 1. The van der Waals surface area contributed by atoms with Crippen molar-refractivity contribution in [2.24, 2.45) is 0 Å². The minimum Gasteiger partial charge on any atom is -0.426 e. The van der Waals surface area contributed by atoms with Gasteiger partial charge in [-0.05, 0) is 31.2 Å². The van der Waals surface area contributed by atoms with Crippen LogP contribution in [-0.4, -0.2) is 20.9 Å². The maximum absolute atomic E-state index is 11.3. The number of nitrogens with one attached hydrogen (secondary N) is 1. The number of aryl methyl sites for hydroxylation is 1. The van der Waals surface area contributed by atoms with Crippen LogP contribution >= 0.6 is 0 Å². The minimum absolute atomic E-state index is 0.312. The van der Waals surface area contributed by atoms with Gasteiger partial charge in [0.25, 0.3) is 0 Å². The second-order valence-corrected chi connectivity index (χ2v) is 4.78. The van der Waals surface area contributed by atoms with E-state index >= 15 is 0 Å². The first-order chi connectivity index (χ1) is 10.6. The van der Waals surface area contributed by atoms with Gasteiger partial charge in [0.15, 0.2) is 0 Å². The molecule has 2 heterocycles. The third-order valence-electron chi connectivity index (χ3n) is 3.15. The van der Waals surface area contributed by atoms with E-state index in [0.717, 1.165) is 5.39 Å². The molecule has 0 aliphatic carbocycles. The SMILES string of the molecule is CC(=O)Oc1cc(C#N)ccc1-c1nc(C)nc2[nH]ccc12. The normalized spacial score (nSPS) is 10.4. The summed E-state index contributed by atoms with van der Waals surface area (Å²) in [6, 6.07) is 8.82. The van der Waals surface area contributed by atoms with Gasteiger partial charge in [0.2, 0.25) is 0 Å². The third-order valence-corrected chi connectivity index (χ3v) is 3.15. The summed E-state index contributed by atoms with van der Waals surface area (Å²) in [5.74, 6) is 0.461. The lowest BCUT2D eigenvalue weighted by Gasteiger charge is -2.10. The summed E-state index contributed by atoms with van der Waals surface area (Å²) in [6.45, 7) is 3.11. The van der Waals surface area contributed by atoms with Crippen LogP contribution < -0.4 is 4.74 Å². The molecule has 3 aromatic rings. The van der Waals surface area contributed by atoms with Crippen LogP contribution in [0.5, 0.6) is 5.75 Å². The molecular weight excluding hydrogens is 280 g/mol. The smallest absolute Gasteiger partial charge is 0.308 e. The van der Waals surface area contributed by atoms with Crippen molar-refractivity contribution in [2.45, 2.75) is 13.8 Å². The van der Waals surface area contributed by atoms with E-state index in [1.54, 1.807) is 25.3 Å². The van der Waals surface area contributed by atoms with Crippen molar-refractivity contribution in [1.82, 2.24) is 15.0 Å². The van der Waals surface area contributed by atoms with Gasteiger partial charge in [0, 0.05) is 24.1 Å². The zero-order chi connectivity index (χ0) is 15.7. The molecule has 0 unspecified atom stereocenters. The lowest BCUT2D eigenvalue weighted by Crippen LogP contribution is -2.04. The van der Waals surface area contributed by atoms with Gasteiger partial charge in [-0.3, -0.25) is 4.79 Å². The Morgan fingerprint density at radius 2 is 2.14 bits per heavy atom. The van der Waals surface area contributed by atoms with Crippen molar-refractivity contribution in [3.05, 3.63) is 41.9 Å². The molecule has 0 saturated carbocycles. The number of carbonyl (C=O) groups is 1. The van der Waals surface area contributed by atoms with Gasteiger partial charge in [0.1, 0.15) is 17.2 Å². The highest BCUT2D eigenvalue weighted by Gasteiger charge is 2.15. The number of H-pyrrole nitrogens is 1. The lowest BCUT2D eigenvalue weighted by atomic mass is 10.1. The molecule has 0 radical (unpaired) electrons. The predicted octanol–water partition coefficient (Wildman–Crippen LogP) is 2.73. The van der Waals surface area contributed by atoms with Crippen LogP contribution in [0.4, 0.5) is 0 Å². The number of carbonyl (C=O) groups excluding carboxylic acids is 1. The summed E-state index contributed by atoms with van der Waals surface area (Å²) in [4.78, 5) is 23.2. The van der Waals surface area contributed by atoms with E-state index in [9.17, 15) is 4.79 Å². The fourth-order valence-electron chi connectivity index (χ4n) is 2.29. The fourth-order valence-corrected chi connectivity index (χ4v) is 2.29. The molecule has 1 aromatic carbocycles. The van der Waals surface area contributed by atoms with E-state index in [0.29, 0.717) is 34.0 Å². The number of hydrogen-bond acceptors (Lipinski definition) is 5. The number of rotatable bonds is 2. The average Bonchev–Trinajstić information content (AvgIpc) is 2.94. The highest BCUT2D eigenvalue weighted by molar-refractivity contribution is 5.93. The molecule has 0 bridgehead atoms. The predicted molar refractivity (Wildman–Crippen MR) is 80.1 cm³/mol. The summed E-state index contributed by atoms with van der Waals surface area (Å²) in [5.41, 5.74) is 2.42. The van der Waals surface area contributed by atoms with Gasteiger partial charge in [0.05, 0.1) is 17.3 Å². The van der Waals surface area contributed by atoms with E-state index in [2.05, 4.69) is 15.0 Å². The summed E-state index contributed by atoms with van der Waals surface area (Å²) < 4.78 is 5.25. The Labute approximate surface area is 126 Å². The first kappa shape index (κ1) is 13.8. The number of nitriles is 1. The number of benzene rings is 1. The second-order valence-electron chi connectivity index (χ2n) is 4.78. The van der Waals surface area contributed by atoms with Gasteiger partial charge in [-0.1, -0.05) is 0 Å². The summed E-state index contributed by atoms with van der Waals surface area (Å²) >= 11 is 0. The number of esters is 1. The van der Waals surface area contributed by atoms with E-state index < -0.39 is 5.97 Å². The Kier molecular flexibility index (Phi) is 3.31. The molecule has 6 nitrogen and oxygen atoms in total. The van der Waals surface area contributed by atoms with Crippen LogP contribution in [-0.2, 0) is 4.79 Å². The minimum atomic E-state index is -0.451. The molecule has 0 amide bonds. The van der Waals surface area contributed by atoms with Gasteiger partial charge in [-0.15, -0.1) is 0 Å². The van der Waals surface area contributed by atoms with Crippen molar-refractivity contribution < 1.29 is 9.53 Å². The van der Waals surface area contributed by atoms with Crippen molar-refractivity contribution in [3.8, 4) is 23.1 Å². The summed E-state index contributed by atoms with van der Waals surface area (Å²) in [7, 11) is 0. The van der Waals surface area contributed by atoms with E-state index in [4.69, 9.17) is 10.00 Å². The average molecular weight is 292 g/mol. The third kappa shape index (κ3) is 2.40. The quantitative estimate of drug-likeness (QED) is 0.579. The Balaban J connectivity index is 2.28. The highest BCUT2D eigenvalue weighted by Crippen LogP contribution is 2.34. The number of aromatic nitrogens is 3. The molecule has 0 saturated heterocycles. The zero-order valence-corrected chi connectivity index (χ0v) is 12.0. The lowest BCUT2D eigenvalue weighted by molar-refractivity contribution is -0.131. The molecule has 0 spiro atoms. The van der Waals surface area contributed by atoms with Gasteiger partial charge < -0.3 is 9.72 Å². The molecule has 3 rings (SSSR count). The monoisotopic (exact) mass is 292 g/mol. The topological polar surface area (TPSA) is 91.7 Å².